The third-order valence-electron chi connectivity index (χ3n) is 1.93. The van der Waals surface area contributed by atoms with Gasteiger partial charge in [-0.1, -0.05) is 19.2 Å². The Bertz CT molecular complexity index is 214. The van der Waals surface area contributed by atoms with Crippen molar-refractivity contribution in [2.45, 2.75) is 18.9 Å². The van der Waals surface area contributed by atoms with E-state index in [-0.39, 0.29) is 11.7 Å². The van der Waals surface area contributed by atoms with Gasteiger partial charge >= 0.3 is 5.97 Å². The van der Waals surface area contributed by atoms with Crippen molar-refractivity contribution in [3.05, 3.63) is 24.8 Å². The summed E-state index contributed by atoms with van der Waals surface area (Å²) >= 11 is 0. The first-order chi connectivity index (χ1) is 6.24. The van der Waals surface area contributed by atoms with Crippen LogP contribution in [0, 0.1) is 0 Å². The van der Waals surface area contributed by atoms with Crippen molar-refractivity contribution in [3.63, 3.8) is 0 Å². The number of hydrogen-bond donors (Lipinski definition) is 0. The number of rotatable bonds is 4. The molecule has 1 fully saturated rings. The monoisotopic (exact) mass is 182 g/mol. The van der Waals surface area contributed by atoms with Gasteiger partial charge in [0.25, 0.3) is 0 Å². The van der Waals surface area contributed by atoms with Crippen LogP contribution in [0.5, 0.6) is 0 Å². The van der Waals surface area contributed by atoms with Crippen molar-refractivity contribution in [2.75, 3.05) is 13.2 Å². The van der Waals surface area contributed by atoms with Crippen molar-refractivity contribution in [1.82, 2.24) is 0 Å². The average Bonchev–Trinajstić information content (AvgIpc) is 2.65. The molecule has 1 aliphatic heterocycles. The molecule has 72 valence electrons. The number of ether oxygens (including phenoxy) is 2. The van der Waals surface area contributed by atoms with Gasteiger partial charge in [-0.3, -0.25) is 0 Å². The second kappa shape index (κ2) is 4.82. The Morgan fingerprint density at radius 3 is 3.00 bits per heavy atom. The largest absolute Gasteiger partial charge is 0.459 e. The summed E-state index contributed by atoms with van der Waals surface area (Å²) in [4.78, 5) is 11.1. The van der Waals surface area contributed by atoms with Crippen LogP contribution >= 0.6 is 0 Å². The van der Waals surface area contributed by atoms with Gasteiger partial charge in [0.1, 0.15) is 6.61 Å². The highest BCUT2D eigenvalue weighted by Gasteiger charge is 2.17. The molecule has 3 nitrogen and oxygen atoms in total. The standard InChI is InChI=1S/C10H14O3/c1-3-8(2)10(11)13-7-9-5-4-6-12-9/h3,9H,1-2,4-7H2. The zero-order chi connectivity index (χ0) is 9.68. The molecule has 0 aliphatic carbocycles. The lowest BCUT2D eigenvalue weighted by Crippen LogP contribution is -2.18. The van der Waals surface area contributed by atoms with Gasteiger partial charge in [0.2, 0.25) is 0 Å². The van der Waals surface area contributed by atoms with Gasteiger partial charge in [-0.25, -0.2) is 4.79 Å². The Morgan fingerprint density at radius 2 is 2.46 bits per heavy atom. The van der Waals surface area contributed by atoms with Crippen molar-refractivity contribution >= 4 is 5.97 Å². The highest BCUT2D eigenvalue weighted by atomic mass is 16.6. The molecule has 1 aliphatic rings. The summed E-state index contributed by atoms with van der Waals surface area (Å²) in [5.74, 6) is -0.412. The van der Waals surface area contributed by atoms with Gasteiger partial charge in [0.05, 0.1) is 11.7 Å². The molecule has 13 heavy (non-hydrogen) atoms. The number of carbonyl (C=O) groups excluding carboxylic acids is 1. The lowest BCUT2D eigenvalue weighted by atomic mass is 10.2. The van der Waals surface area contributed by atoms with Crippen molar-refractivity contribution in [1.29, 1.82) is 0 Å². The highest BCUT2D eigenvalue weighted by molar-refractivity contribution is 5.90. The molecular weight excluding hydrogens is 168 g/mol. The first-order valence-electron chi connectivity index (χ1n) is 4.34. The molecule has 0 radical (unpaired) electrons. The van der Waals surface area contributed by atoms with E-state index in [9.17, 15) is 4.79 Å². The molecule has 0 spiro atoms. The van der Waals surface area contributed by atoms with Crippen LogP contribution in [0.4, 0.5) is 0 Å². The molecule has 1 atom stereocenters. The van der Waals surface area contributed by atoms with Gasteiger partial charge in [-0.05, 0) is 12.8 Å². The van der Waals surface area contributed by atoms with E-state index in [1.807, 2.05) is 0 Å². The van der Waals surface area contributed by atoms with Crippen LogP contribution in [0.1, 0.15) is 12.8 Å². The van der Waals surface area contributed by atoms with Gasteiger partial charge in [0.15, 0.2) is 0 Å². The van der Waals surface area contributed by atoms with E-state index in [2.05, 4.69) is 13.2 Å². The molecule has 1 rings (SSSR count). The minimum Gasteiger partial charge on any atom is -0.459 e. The maximum absolute atomic E-state index is 11.1. The Labute approximate surface area is 78.0 Å². The van der Waals surface area contributed by atoms with E-state index in [1.54, 1.807) is 0 Å². The quantitative estimate of drug-likeness (QED) is 0.375. The van der Waals surface area contributed by atoms with E-state index in [0.29, 0.717) is 6.61 Å². The average molecular weight is 182 g/mol. The summed E-state index contributed by atoms with van der Waals surface area (Å²) in [6.45, 7) is 8.01. The molecular formula is C10H14O3. The van der Waals surface area contributed by atoms with Gasteiger partial charge < -0.3 is 9.47 Å². The Morgan fingerprint density at radius 1 is 1.69 bits per heavy atom. The third-order valence-corrected chi connectivity index (χ3v) is 1.93. The fourth-order valence-electron chi connectivity index (χ4n) is 1.12. The van der Waals surface area contributed by atoms with E-state index in [4.69, 9.17) is 9.47 Å². The van der Waals surface area contributed by atoms with Gasteiger partial charge in [-0.2, -0.15) is 0 Å². The first kappa shape index (κ1) is 9.99. The fourth-order valence-corrected chi connectivity index (χ4v) is 1.12. The molecule has 1 unspecified atom stereocenters. The first-order valence-corrected chi connectivity index (χ1v) is 4.34. The van der Waals surface area contributed by atoms with Crippen LogP contribution in [0.2, 0.25) is 0 Å². The van der Waals surface area contributed by atoms with Crippen LogP contribution in [0.25, 0.3) is 0 Å². The Hall–Kier alpha value is -1.09. The second-order valence-corrected chi connectivity index (χ2v) is 2.96. The summed E-state index contributed by atoms with van der Waals surface area (Å²) in [6.07, 6.45) is 3.47. The normalized spacial score (nSPS) is 21.1. The van der Waals surface area contributed by atoms with Crippen LogP contribution in [0.15, 0.2) is 24.8 Å². The van der Waals surface area contributed by atoms with Crippen LogP contribution < -0.4 is 0 Å². The lowest BCUT2D eigenvalue weighted by Gasteiger charge is -2.09. The molecule has 0 saturated carbocycles. The number of hydrogen-bond acceptors (Lipinski definition) is 3. The fraction of sp³-hybridized carbons (Fsp3) is 0.500. The molecule has 0 aromatic rings. The van der Waals surface area contributed by atoms with Crippen molar-refractivity contribution in [3.8, 4) is 0 Å². The Balaban J connectivity index is 2.21. The lowest BCUT2D eigenvalue weighted by molar-refractivity contribution is -0.141. The van der Waals surface area contributed by atoms with Crippen LogP contribution in [0.3, 0.4) is 0 Å². The summed E-state index contributed by atoms with van der Waals surface area (Å²) in [6, 6.07) is 0. The highest BCUT2D eigenvalue weighted by Crippen LogP contribution is 2.12. The van der Waals surface area contributed by atoms with E-state index in [0.717, 1.165) is 19.4 Å². The molecule has 0 aromatic carbocycles. The zero-order valence-electron chi connectivity index (χ0n) is 7.62. The maximum atomic E-state index is 11.1. The van der Waals surface area contributed by atoms with Gasteiger partial charge in [0, 0.05) is 6.61 Å². The van der Waals surface area contributed by atoms with Crippen LogP contribution in [-0.2, 0) is 14.3 Å². The maximum Gasteiger partial charge on any atom is 0.337 e. The number of carbonyl (C=O) groups is 1. The summed E-state index contributed by atoms with van der Waals surface area (Å²) < 4.78 is 10.2. The molecule has 0 amide bonds. The topological polar surface area (TPSA) is 35.5 Å². The minimum absolute atomic E-state index is 0.0709. The van der Waals surface area contributed by atoms with Crippen molar-refractivity contribution < 1.29 is 14.3 Å². The van der Waals surface area contributed by atoms with E-state index in [1.165, 1.54) is 6.08 Å². The molecule has 0 aromatic heterocycles. The summed E-state index contributed by atoms with van der Waals surface area (Å²) in [7, 11) is 0. The van der Waals surface area contributed by atoms with Gasteiger partial charge in [-0.15, -0.1) is 0 Å². The molecule has 1 saturated heterocycles. The summed E-state index contributed by atoms with van der Waals surface area (Å²) in [5.41, 5.74) is 0.290. The smallest absolute Gasteiger partial charge is 0.337 e. The molecule has 0 bridgehead atoms. The summed E-state index contributed by atoms with van der Waals surface area (Å²) in [5, 5.41) is 0. The minimum atomic E-state index is -0.412. The zero-order valence-corrected chi connectivity index (χ0v) is 7.62. The molecule has 3 heteroatoms. The van der Waals surface area contributed by atoms with Crippen LogP contribution in [-0.4, -0.2) is 25.3 Å². The predicted molar refractivity (Wildman–Crippen MR) is 49.3 cm³/mol. The van der Waals surface area contributed by atoms with E-state index >= 15 is 0 Å². The van der Waals surface area contributed by atoms with E-state index < -0.39 is 5.97 Å². The second-order valence-electron chi connectivity index (χ2n) is 2.96. The molecule has 0 N–H and O–H groups in total. The third kappa shape index (κ3) is 3.03. The number of esters is 1. The molecule has 1 heterocycles. The predicted octanol–water partition coefficient (Wildman–Crippen LogP) is 1.45. The van der Waals surface area contributed by atoms with Crippen molar-refractivity contribution in [2.24, 2.45) is 0 Å². The Kier molecular flexibility index (Phi) is 3.71. The SMILES string of the molecule is C=CC(=C)C(=O)OCC1CCCO1.